The van der Waals surface area contributed by atoms with Crippen molar-refractivity contribution in [3.05, 3.63) is 106 Å². The van der Waals surface area contributed by atoms with Gasteiger partial charge in [-0.1, -0.05) is 77.5 Å². The Morgan fingerprint density at radius 2 is 1.73 bits per heavy atom. The largest absolute Gasteiger partial charge is 0.321 e. The number of hydrogen-bond acceptors (Lipinski definition) is 4. The minimum atomic E-state index is -0.535. The predicted molar refractivity (Wildman–Crippen MR) is 133 cm³/mol. The van der Waals surface area contributed by atoms with Crippen LogP contribution < -0.4 is 10.2 Å². The fraction of sp³-hybridized carbons (Fsp3) is 0.148. The molecule has 0 radical (unpaired) electrons. The molecule has 0 unspecified atom stereocenters. The molecule has 0 aliphatic carbocycles. The summed E-state index contributed by atoms with van der Waals surface area (Å²) in [7, 11) is 0. The summed E-state index contributed by atoms with van der Waals surface area (Å²) in [6, 6.07) is 26.5. The molecule has 2 amide bonds. The minimum absolute atomic E-state index is 0.0791. The molecule has 1 N–H and O–H groups in total. The zero-order valence-corrected chi connectivity index (χ0v) is 19.2. The Labute approximate surface area is 197 Å². The van der Waals surface area contributed by atoms with Crippen molar-refractivity contribution >= 4 is 35.0 Å². The lowest BCUT2D eigenvalue weighted by molar-refractivity contribution is -0.117. The first kappa shape index (κ1) is 22.4. The van der Waals surface area contributed by atoms with Crippen LogP contribution in [0.25, 0.3) is 0 Å². The first-order valence-corrected chi connectivity index (χ1v) is 11.5. The molecular formula is C27H23N3O2S. The standard InChI is InChI=1S/C27H23N3O2S/c1-18-11-13-22(14-12-18)30-26(32)24(16-20-8-6-7-19(2)15-20)33-27(30)23(17-28)25(31)29-21-9-4-3-5-10-21/h3-15,24H,16H2,1-2H3,(H,29,31)/b27-23-/t24-/m0/s1. The smallest absolute Gasteiger partial charge is 0.269 e. The molecule has 1 fully saturated rings. The fourth-order valence-corrected chi connectivity index (χ4v) is 4.99. The number of benzene rings is 3. The van der Waals surface area contributed by atoms with Gasteiger partial charge >= 0.3 is 0 Å². The van der Waals surface area contributed by atoms with E-state index in [0.717, 1.165) is 16.7 Å². The van der Waals surface area contributed by atoms with E-state index in [9.17, 15) is 14.9 Å². The number of rotatable bonds is 5. The van der Waals surface area contributed by atoms with Crippen LogP contribution in [0.2, 0.25) is 0 Å². The third-order valence-corrected chi connectivity index (χ3v) is 6.60. The molecule has 4 rings (SSSR count). The van der Waals surface area contributed by atoms with Gasteiger partial charge in [0.15, 0.2) is 0 Å². The van der Waals surface area contributed by atoms with Crippen LogP contribution in [0.4, 0.5) is 11.4 Å². The summed E-state index contributed by atoms with van der Waals surface area (Å²) in [6.07, 6.45) is 0.510. The Bertz CT molecular complexity index is 1260. The molecule has 0 spiro atoms. The topological polar surface area (TPSA) is 73.2 Å². The molecular weight excluding hydrogens is 430 g/mol. The second-order valence-corrected chi connectivity index (χ2v) is 9.11. The maximum absolute atomic E-state index is 13.5. The lowest BCUT2D eigenvalue weighted by Crippen LogP contribution is -2.30. The fourth-order valence-electron chi connectivity index (χ4n) is 3.68. The summed E-state index contributed by atoms with van der Waals surface area (Å²) in [4.78, 5) is 28.1. The van der Waals surface area contributed by atoms with Gasteiger partial charge in [0.05, 0.1) is 5.25 Å². The third kappa shape index (κ3) is 5.00. The van der Waals surface area contributed by atoms with E-state index in [2.05, 4.69) is 11.4 Å². The number of carbonyl (C=O) groups excluding carboxylic acids is 2. The van der Waals surface area contributed by atoms with Gasteiger partial charge < -0.3 is 5.32 Å². The molecule has 1 heterocycles. The SMILES string of the molecule is Cc1ccc(N2C(=O)[C@H](Cc3cccc(C)c3)S/C2=C(/C#N)C(=O)Nc2ccccc2)cc1. The second kappa shape index (κ2) is 9.76. The van der Waals surface area contributed by atoms with Gasteiger partial charge in [0.1, 0.15) is 16.7 Å². The lowest BCUT2D eigenvalue weighted by Gasteiger charge is -2.19. The van der Waals surface area contributed by atoms with Crippen LogP contribution in [-0.4, -0.2) is 17.1 Å². The summed E-state index contributed by atoms with van der Waals surface area (Å²) in [6.45, 7) is 3.98. The molecule has 3 aromatic carbocycles. The minimum Gasteiger partial charge on any atom is -0.321 e. The van der Waals surface area contributed by atoms with Crippen LogP contribution >= 0.6 is 11.8 Å². The van der Waals surface area contributed by atoms with Gasteiger partial charge in [-0.2, -0.15) is 5.26 Å². The predicted octanol–water partition coefficient (Wildman–Crippen LogP) is 5.37. The highest BCUT2D eigenvalue weighted by Crippen LogP contribution is 2.42. The maximum atomic E-state index is 13.5. The number of amides is 2. The molecule has 1 atom stereocenters. The third-order valence-electron chi connectivity index (χ3n) is 5.33. The first-order valence-electron chi connectivity index (χ1n) is 10.6. The number of nitrogens with zero attached hydrogens (tertiary/aromatic N) is 2. The second-order valence-electron chi connectivity index (χ2n) is 7.92. The molecule has 0 bridgehead atoms. The van der Waals surface area contributed by atoms with Gasteiger partial charge in [0, 0.05) is 11.4 Å². The van der Waals surface area contributed by atoms with Crippen molar-refractivity contribution < 1.29 is 9.59 Å². The van der Waals surface area contributed by atoms with Crippen molar-refractivity contribution in [2.75, 3.05) is 10.2 Å². The van der Waals surface area contributed by atoms with E-state index in [1.165, 1.54) is 16.7 Å². The quantitative estimate of drug-likeness (QED) is 0.416. The first-order chi connectivity index (χ1) is 16.0. The summed E-state index contributed by atoms with van der Waals surface area (Å²) >= 11 is 1.27. The number of aryl methyl sites for hydroxylation is 2. The van der Waals surface area contributed by atoms with Crippen molar-refractivity contribution in [1.29, 1.82) is 5.26 Å². The van der Waals surface area contributed by atoms with E-state index in [1.807, 2.05) is 68.4 Å². The Morgan fingerprint density at radius 1 is 1.00 bits per heavy atom. The van der Waals surface area contributed by atoms with E-state index >= 15 is 0 Å². The number of anilines is 2. The maximum Gasteiger partial charge on any atom is 0.269 e. The Balaban J connectivity index is 1.73. The van der Waals surface area contributed by atoms with E-state index in [-0.39, 0.29) is 11.5 Å². The highest BCUT2D eigenvalue weighted by atomic mass is 32.2. The van der Waals surface area contributed by atoms with E-state index < -0.39 is 11.2 Å². The zero-order chi connectivity index (χ0) is 23.4. The number of nitrogens with one attached hydrogen (secondary N) is 1. The molecule has 3 aromatic rings. The molecule has 5 nitrogen and oxygen atoms in total. The van der Waals surface area contributed by atoms with Crippen LogP contribution in [-0.2, 0) is 16.0 Å². The Kier molecular flexibility index (Phi) is 6.62. The van der Waals surface area contributed by atoms with E-state index in [1.54, 1.807) is 24.3 Å². The average Bonchev–Trinajstić information content (AvgIpc) is 3.11. The Hall–Kier alpha value is -3.82. The van der Waals surface area contributed by atoms with Crippen LogP contribution in [0.1, 0.15) is 16.7 Å². The molecule has 33 heavy (non-hydrogen) atoms. The molecule has 6 heteroatoms. The van der Waals surface area contributed by atoms with Crippen LogP contribution in [0.3, 0.4) is 0 Å². The molecule has 1 aliphatic heterocycles. The number of nitriles is 1. The highest BCUT2D eigenvalue weighted by Gasteiger charge is 2.40. The average molecular weight is 454 g/mol. The lowest BCUT2D eigenvalue weighted by atomic mass is 10.1. The number of hydrogen-bond donors (Lipinski definition) is 1. The number of carbonyl (C=O) groups is 2. The molecule has 0 aromatic heterocycles. The molecule has 1 aliphatic rings. The molecule has 0 saturated carbocycles. The number of para-hydroxylation sites is 1. The van der Waals surface area contributed by atoms with Crippen molar-refractivity contribution in [2.45, 2.75) is 25.5 Å². The summed E-state index contributed by atoms with van der Waals surface area (Å²) in [5.74, 6) is -0.673. The van der Waals surface area contributed by atoms with Gasteiger partial charge in [-0.15, -0.1) is 0 Å². The van der Waals surface area contributed by atoms with Crippen molar-refractivity contribution in [3.63, 3.8) is 0 Å². The van der Waals surface area contributed by atoms with Gasteiger partial charge in [0.2, 0.25) is 5.91 Å². The zero-order valence-electron chi connectivity index (χ0n) is 18.4. The summed E-state index contributed by atoms with van der Waals surface area (Å²) in [5.41, 5.74) is 4.36. The van der Waals surface area contributed by atoms with Gasteiger partial charge in [0.25, 0.3) is 5.91 Å². The van der Waals surface area contributed by atoms with Crippen LogP contribution in [0, 0.1) is 25.2 Å². The summed E-state index contributed by atoms with van der Waals surface area (Å²) < 4.78 is 0. The Morgan fingerprint density at radius 3 is 2.39 bits per heavy atom. The van der Waals surface area contributed by atoms with Crippen molar-refractivity contribution in [3.8, 4) is 6.07 Å². The molecule has 1 saturated heterocycles. The number of thioether (sulfide) groups is 1. The molecule has 164 valence electrons. The van der Waals surface area contributed by atoms with Gasteiger partial charge in [-0.3, -0.25) is 14.5 Å². The normalized spacial score (nSPS) is 16.9. The summed E-state index contributed by atoms with van der Waals surface area (Å²) in [5, 5.41) is 12.6. The van der Waals surface area contributed by atoms with Crippen molar-refractivity contribution in [1.82, 2.24) is 0 Å². The van der Waals surface area contributed by atoms with Crippen LogP contribution in [0.15, 0.2) is 89.5 Å². The van der Waals surface area contributed by atoms with Gasteiger partial charge in [-0.05, 0) is 50.1 Å². The highest BCUT2D eigenvalue weighted by molar-refractivity contribution is 8.05. The van der Waals surface area contributed by atoms with Crippen LogP contribution in [0.5, 0.6) is 0 Å². The van der Waals surface area contributed by atoms with E-state index in [0.29, 0.717) is 22.8 Å². The monoisotopic (exact) mass is 453 g/mol. The van der Waals surface area contributed by atoms with E-state index in [4.69, 9.17) is 0 Å². The van der Waals surface area contributed by atoms with Gasteiger partial charge in [-0.25, -0.2) is 0 Å². The van der Waals surface area contributed by atoms with Crippen molar-refractivity contribution in [2.24, 2.45) is 0 Å².